The Morgan fingerprint density at radius 1 is 1.48 bits per heavy atom. The van der Waals surface area contributed by atoms with E-state index in [-0.39, 0.29) is 24.1 Å². The van der Waals surface area contributed by atoms with Gasteiger partial charge in [-0.3, -0.25) is 9.59 Å². The molecule has 1 rings (SSSR count). The van der Waals surface area contributed by atoms with Gasteiger partial charge in [0.2, 0.25) is 5.91 Å². The predicted octanol–water partition coefficient (Wildman–Crippen LogP) is 3.02. The predicted molar refractivity (Wildman–Crippen MR) is 85.5 cm³/mol. The molecular weight excluding hydrogens is 308 g/mol. The maximum absolute atomic E-state index is 11.7. The van der Waals surface area contributed by atoms with Crippen molar-refractivity contribution in [3.63, 3.8) is 0 Å². The lowest BCUT2D eigenvalue weighted by Crippen LogP contribution is -2.24. The van der Waals surface area contributed by atoms with Crippen molar-refractivity contribution in [3.05, 3.63) is 17.0 Å². The van der Waals surface area contributed by atoms with Crippen molar-refractivity contribution in [1.82, 2.24) is 0 Å². The van der Waals surface area contributed by atoms with E-state index in [0.717, 1.165) is 0 Å². The molecule has 1 aromatic rings. The lowest BCUT2D eigenvalue weighted by Gasteiger charge is -2.19. The molecule has 0 fully saturated rings. The number of anilines is 1. The summed E-state index contributed by atoms with van der Waals surface area (Å²) >= 11 is 2.67. The summed E-state index contributed by atoms with van der Waals surface area (Å²) < 4.78 is 5.17. The molecule has 0 spiro atoms. The molecule has 0 aliphatic carbocycles. The van der Waals surface area contributed by atoms with Crippen molar-refractivity contribution < 1.29 is 14.3 Å². The van der Waals surface area contributed by atoms with Crippen LogP contribution in [-0.4, -0.2) is 29.0 Å². The van der Waals surface area contributed by atoms with E-state index in [1.165, 1.54) is 23.1 Å². The highest BCUT2D eigenvalue weighted by Gasteiger charge is 2.16. The zero-order valence-corrected chi connectivity index (χ0v) is 13.9. The maximum atomic E-state index is 11.7. The monoisotopic (exact) mass is 326 g/mol. The molecule has 1 heterocycles. The molecule has 0 saturated carbocycles. The summed E-state index contributed by atoms with van der Waals surface area (Å²) in [6.45, 7) is 5.46. The van der Waals surface area contributed by atoms with Crippen LogP contribution in [0.1, 0.15) is 32.8 Å². The second kappa shape index (κ2) is 8.05. The summed E-state index contributed by atoms with van der Waals surface area (Å²) in [6, 6.07) is 3.68. The Hall–Kier alpha value is -1.52. The van der Waals surface area contributed by atoms with Gasteiger partial charge in [-0.25, -0.2) is 0 Å². The van der Waals surface area contributed by atoms with Crippen LogP contribution in [-0.2, 0) is 14.3 Å². The van der Waals surface area contributed by atoms with Gasteiger partial charge in [0.25, 0.3) is 0 Å². The van der Waals surface area contributed by atoms with Gasteiger partial charge in [0.15, 0.2) is 0 Å². The summed E-state index contributed by atoms with van der Waals surface area (Å²) in [7, 11) is 0. The first-order valence-electron chi connectivity index (χ1n) is 6.39. The molecule has 0 saturated heterocycles. The third-order valence-corrected chi connectivity index (χ3v) is 3.93. The minimum atomic E-state index is -0.480. The van der Waals surface area contributed by atoms with Gasteiger partial charge in [-0.1, -0.05) is 0 Å². The molecule has 7 heteroatoms. The quantitative estimate of drug-likeness (QED) is 0.642. The van der Waals surface area contributed by atoms with Gasteiger partial charge < -0.3 is 10.1 Å². The fraction of sp³-hybridized carbons (Fsp3) is 0.500. The molecule has 1 N–H and O–H groups in total. The first kappa shape index (κ1) is 17.5. The van der Waals surface area contributed by atoms with E-state index in [1.807, 2.05) is 26.8 Å². The van der Waals surface area contributed by atoms with E-state index >= 15 is 0 Å². The second-order valence-electron chi connectivity index (χ2n) is 5.21. The molecule has 0 aromatic carbocycles. The highest BCUT2D eigenvalue weighted by Crippen LogP contribution is 2.22. The zero-order chi connectivity index (χ0) is 15.9. The van der Waals surface area contributed by atoms with Crippen molar-refractivity contribution in [2.75, 3.05) is 16.8 Å². The molecule has 114 valence electrons. The second-order valence-corrected chi connectivity index (χ2v) is 7.23. The number of carbonyl (C=O) groups is 2. The van der Waals surface area contributed by atoms with Crippen LogP contribution in [0.25, 0.3) is 0 Å². The van der Waals surface area contributed by atoms with E-state index in [9.17, 15) is 9.59 Å². The van der Waals surface area contributed by atoms with Crippen LogP contribution in [0.4, 0.5) is 5.00 Å². The Morgan fingerprint density at radius 2 is 2.19 bits per heavy atom. The largest absolute Gasteiger partial charge is 0.460 e. The Bertz CT molecular complexity index is 541. The van der Waals surface area contributed by atoms with Crippen LogP contribution < -0.4 is 5.32 Å². The summed E-state index contributed by atoms with van der Waals surface area (Å²) in [4.78, 5) is 23.2. The number of nitriles is 1. The van der Waals surface area contributed by atoms with E-state index in [0.29, 0.717) is 16.3 Å². The standard InChI is InChI=1S/C14H18N2O3S2/c1-14(2,3)19-12(18)5-6-20-9-11(17)16-13-10(8-15)4-7-21-13/h4,7H,5-6,9H2,1-3H3,(H,16,17). The van der Waals surface area contributed by atoms with Gasteiger partial charge in [0.1, 0.15) is 16.7 Å². The number of hydrogen-bond acceptors (Lipinski definition) is 6. The minimum absolute atomic E-state index is 0.178. The summed E-state index contributed by atoms with van der Waals surface area (Å²) in [5.41, 5.74) is -0.0153. The topological polar surface area (TPSA) is 79.2 Å². The van der Waals surface area contributed by atoms with Crippen molar-refractivity contribution in [3.8, 4) is 6.07 Å². The number of esters is 1. The van der Waals surface area contributed by atoms with Gasteiger partial charge in [0, 0.05) is 5.75 Å². The number of rotatable bonds is 6. The van der Waals surface area contributed by atoms with Crippen molar-refractivity contribution >= 4 is 40.0 Å². The molecule has 0 aliphatic rings. The first-order chi connectivity index (χ1) is 9.81. The Morgan fingerprint density at radius 3 is 2.81 bits per heavy atom. The fourth-order valence-electron chi connectivity index (χ4n) is 1.37. The van der Waals surface area contributed by atoms with Crippen LogP contribution in [0.15, 0.2) is 11.4 Å². The zero-order valence-electron chi connectivity index (χ0n) is 12.3. The number of thiophene rings is 1. The van der Waals surface area contributed by atoms with E-state index in [1.54, 1.807) is 11.4 Å². The summed E-state index contributed by atoms with van der Waals surface area (Å²) in [5, 5.41) is 13.8. The van der Waals surface area contributed by atoms with Crippen LogP contribution >= 0.6 is 23.1 Å². The maximum Gasteiger partial charge on any atom is 0.307 e. The van der Waals surface area contributed by atoms with Crippen molar-refractivity contribution in [1.29, 1.82) is 5.26 Å². The minimum Gasteiger partial charge on any atom is -0.460 e. The molecule has 0 radical (unpaired) electrons. The van der Waals surface area contributed by atoms with E-state index in [4.69, 9.17) is 10.00 Å². The smallest absolute Gasteiger partial charge is 0.307 e. The molecule has 0 atom stereocenters. The summed E-state index contributed by atoms with van der Waals surface area (Å²) in [5.74, 6) is 0.326. The number of ether oxygens (including phenoxy) is 1. The molecular formula is C14H18N2O3S2. The molecule has 0 bridgehead atoms. The molecule has 1 amide bonds. The van der Waals surface area contributed by atoms with Crippen LogP contribution in [0.3, 0.4) is 0 Å². The van der Waals surface area contributed by atoms with E-state index in [2.05, 4.69) is 5.32 Å². The van der Waals surface area contributed by atoms with Crippen LogP contribution in [0, 0.1) is 11.3 Å². The molecule has 1 aromatic heterocycles. The fourth-order valence-corrected chi connectivity index (χ4v) is 2.84. The highest BCUT2D eigenvalue weighted by atomic mass is 32.2. The SMILES string of the molecule is CC(C)(C)OC(=O)CCSCC(=O)Nc1sccc1C#N. The molecule has 21 heavy (non-hydrogen) atoms. The normalized spacial score (nSPS) is 10.8. The Labute approximate surface area is 132 Å². The number of hydrogen-bond donors (Lipinski definition) is 1. The van der Waals surface area contributed by atoms with Gasteiger partial charge in [-0.2, -0.15) is 17.0 Å². The highest BCUT2D eigenvalue weighted by molar-refractivity contribution is 7.99. The Balaban J connectivity index is 2.23. The van der Waals surface area contributed by atoms with Gasteiger partial charge >= 0.3 is 5.97 Å². The van der Waals surface area contributed by atoms with Gasteiger partial charge in [0.05, 0.1) is 17.7 Å². The van der Waals surface area contributed by atoms with Gasteiger partial charge in [-0.15, -0.1) is 11.3 Å². The van der Waals surface area contributed by atoms with Crippen molar-refractivity contribution in [2.24, 2.45) is 0 Å². The first-order valence-corrected chi connectivity index (χ1v) is 8.42. The third kappa shape index (κ3) is 7.16. The van der Waals surface area contributed by atoms with Crippen LogP contribution in [0.5, 0.6) is 0 Å². The Kier molecular flexibility index (Phi) is 6.72. The summed E-state index contributed by atoms with van der Waals surface area (Å²) in [6.07, 6.45) is 0.275. The average Bonchev–Trinajstić information content (AvgIpc) is 2.79. The third-order valence-electron chi connectivity index (χ3n) is 2.14. The molecule has 5 nitrogen and oxygen atoms in total. The lowest BCUT2D eigenvalue weighted by molar-refractivity contribution is -0.154. The number of thioether (sulfide) groups is 1. The molecule has 0 unspecified atom stereocenters. The average molecular weight is 326 g/mol. The molecule has 0 aliphatic heterocycles. The number of nitrogens with one attached hydrogen (secondary N) is 1. The van der Waals surface area contributed by atoms with Crippen LogP contribution in [0.2, 0.25) is 0 Å². The van der Waals surface area contributed by atoms with Crippen molar-refractivity contribution in [2.45, 2.75) is 32.8 Å². The van der Waals surface area contributed by atoms with E-state index < -0.39 is 5.60 Å². The number of amides is 1. The van der Waals surface area contributed by atoms with Gasteiger partial charge in [-0.05, 0) is 32.2 Å². The number of carbonyl (C=O) groups excluding carboxylic acids is 2. The lowest BCUT2D eigenvalue weighted by atomic mass is 10.2. The number of nitrogens with zero attached hydrogens (tertiary/aromatic N) is 1.